The van der Waals surface area contributed by atoms with Gasteiger partial charge in [-0.25, -0.2) is 8.78 Å². The minimum atomic E-state index is -2.23. The molecule has 1 N–H and O–H groups in total. The predicted molar refractivity (Wildman–Crippen MR) is 72.3 cm³/mol. The first kappa shape index (κ1) is 16.6. The van der Waals surface area contributed by atoms with E-state index in [4.69, 9.17) is 0 Å². The molecule has 0 aliphatic heterocycles. The standard InChI is InChI=1S/C14H22F2N2O2/c1-3-13(20)18(2)9-12(19)17-8-10-4-6-11(7-5-10)14(15)16/h3,10-11,14H,1,4-9H2,2H3,(H,17,19). The zero-order valence-electron chi connectivity index (χ0n) is 11.8. The fourth-order valence-corrected chi connectivity index (χ4v) is 2.41. The van der Waals surface area contributed by atoms with Crippen molar-refractivity contribution in [1.29, 1.82) is 0 Å². The third kappa shape index (κ3) is 5.27. The summed E-state index contributed by atoms with van der Waals surface area (Å²) in [5.74, 6) is -0.774. The normalized spacial score (nSPS) is 22.4. The van der Waals surface area contributed by atoms with Gasteiger partial charge in [0, 0.05) is 19.5 Å². The number of alkyl halides is 2. The van der Waals surface area contributed by atoms with Crippen molar-refractivity contribution in [3.8, 4) is 0 Å². The molecule has 1 aliphatic rings. The number of likely N-dealkylation sites (N-methyl/N-ethyl adjacent to an activating group) is 1. The Morgan fingerprint density at radius 3 is 2.45 bits per heavy atom. The maximum Gasteiger partial charge on any atom is 0.246 e. The highest BCUT2D eigenvalue weighted by Crippen LogP contribution is 2.32. The molecular formula is C14H22F2N2O2. The quantitative estimate of drug-likeness (QED) is 0.758. The lowest BCUT2D eigenvalue weighted by atomic mass is 9.82. The van der Waals surface area contributed by atoms with Gasteiger partial charge in [-0.2, -0.15) is 0 Å². The summed E-state index contributed by atoms with van der Waals surface area (Å²) in [5.41, 5.74) is 0. The van der Waals surface area contributed by atoms with Crippen molar-refractivity contribution in [2.45, 2.75) is 32.1 Å². The van der Waals surface area contributed by atoms with Gasteiger partial charge >= 0.3 is 0 Å². The molecule has 1 fully saturated rings. The van der Waals surface area contributed by atoms with Gasteiger partial charge in [0.25, 0.3) is 0 Å². The third-order valence-electron chi connectivity index (χ3n) is 3.77. The zero-order valence-corrected chi connectivity index (χ0v) is 11.8. The number of amides is 2. The van der Waals surface area contributed by atoms with E-state index in [1.165, 1.54) is 11.9 Å². The van der Waals surface area contributed by atoms with E-state index in [0.717, 1.165) is 18.9 Å². The minimum Gasteiger partial charge on any atom is -0.354 e. The van der Waals surface area contributed by atoms with Crippen LogP contribution in [0.3, 0.4) is 0 Å². The molecule has 0 unspecified atom stereocenters. The van der Waals surface area contributed by atoms with Gasteiger partial charge in [0.1, 0.15) is 0 Å². The molecule has 114 valence electrons. The van der Waals surface area contributed by atoms with Crippen molar-refractivity contribution in [1.82, 2.24) is 10.2 Å². The fourth-order valence-electron chi connectivity index (χ4n) is 2.41. The van der Waals surface area contributed by atoms with Gasteiger partial charge in [-0.1, -0.05) is 6.58 Å². The molecule has 0 atom stereocenters. The van der Waals surface area contributed by atoms with Crippen LogP contribution in [0.25, 0.3) is 0 Å². The van der Waals surface area contributed by atoms with Crippen LogP contribution in [0, 0.1) is 11.8 Å². The molecule has 0 spiro atoms. The van der Waals surface area contributed by atoms with Crippen LogP contribution in [-0.4, -0.2) is 43.3 Å². The predicted octanol–water partition coefficient (Wildman–Crippen LogP) is 1.82. The molecule has 0 aromatic rings. The van der Waals surface area contributed by atoms with Crippen LogP contribution in [0.15, 0.2) is 12.7 Å². The Labute approximate surface area is 118 Å². The minimum absolute atomic E-state index is 0.0166. The molecule has 0 heterocycles. The topological polar surface area (TPSA) is 49.4 Å². The summed E-state index contributed by atoms with van der Waals surface area (Å²) in [7, 11) is 1.53. The SMILES string of the molecule is C=CC(=O)N(C)CC(=O)NCC1CCC(C(F)F)CC1. The van der Waals surface area contributed by atoms with Crippen molar-refractivity contribution in [2.75, 3.05) is 20.1 Å². The maximum atomic E-state index is 12.5. The van der Waals surface area contributed by atoms with E-state index in [-0.39, 0.29) is 24.3 Å². The van der Waals surface area contributed by atoms with Gasteiger partial charge < -0.3 is 10.2 Å². The van der Waals surface area contributed by atoms with E-state index < -0.39 is 12.3 Å². The van der Waals surface area contributed by atoms with Crippen LogP contribution in [-0.2, 0) is 9.59 Å². The van der Waals surface area contributed by atoms with Crippen molar-refractivity contribution in [2.24, 2.45) is 11.8 Å². The van der Waals surface area contributed by atoms with E-state index in [0.29, 0.717) is 19.4 Å². The number of hydrogen-bond acceptors (Lipinski definition) is 2. The van der Waals surface area contributed by atoms with Crippen LogP contribution < -0.4 is 5.32 Å². The van der Waals surface area contributed by atoms with Crippen molar-refractivity contribution in [3.63, 3.8) is 0 Å². The first-order chi connectivity index (χ1) is 9.43. The lowest BCUT2D eigenvalue weighted by Gasteiger charge is -2.28. The van der Waals surface area contributed by atoms with Crippen molar-refractivity contribution < 1.29 is 18.4 Å². The Bertz CT molecular complexity index is 353. The zero-order chi connectivity index (χ0) is 15.1. The molecule has 0 saturated heterocycles. The van der Waals surface area contributed by atoms with E-state index >= 15 is 0 Å². The highest BCUT2D eigenvalue weighted by molar-refractivity contribution is 5.90. The van der Waals surface area contributed by atoms with Crippen LogP contribution in [0.5, 0.6) is 0 Å². The molecule has 20 heavy (non-hydrogen) atoms. The molecule has 1 aliphatic carbocycles. The van der Waals surface area contributed by atoms with Crippen LogP contribution in [0.2, 0.25) is 0 Å². The van der Waals surface area contributed by atoms with Gasteiger partial charge in [0.2, 0.25) is 18.2 Å². The first-order valence-electron chi connectivity index (χ1n) is 6.86. The number of rotatable bonds is 6. The molecule has 6 heteroatoms. The van der Waals surface area contributed by atoms with E-state index in [2.05, 4.69) is 11.9 Å². The van der Waals surface area contributed by atoms with E-state index in [1.807, 2.05) is 0 Å². The highest BCUT2D eigenvalue weighted by Gasteiger charge is 2.27. The average Bonchev–Trinajstić information content (AvgIpc) is 2.44. The molecule has 1 saturated carbocycles. The molecule has 4 nitrogen and oxygen atoms in total. The van der Waals surface area contributed by atoms with Gasteiger partial charge in [-0.3, -0.25) is 9.59 Å². The summed E-state index contributed by atoms with van der Waals surface area (Å²) >= 11 is 0. The van der Waals surface area contributed by atoms with Gasteiger partial charge in [-0.15, -0.1) is 0 Å². The molecule has 0 radical (unpaired) electrons. The summed E-state index contributed by atoms with van der Waals surface area (Å²) in [6.07, 6.45) is 1.40. The Hall–Kier alpha value is -1.46. The first-order valence-corrected chi connectivity index (χ1v) is 6.86. The number of carbonyl (C=O) groups is 2. The van der Waals surface area contributed by atoms with Crippen molar-refractivity contribution >= 4 is 11.8 Å². The van der Waals surface area contributed by atoms with E-state index in [1.54, 1.807) is 0 Å². The largest absolute Gasteiger partial charge is 0.354 e. The Morgan fingerprint density at radius 1 is 1.35 bits per heavy atom. The second-order valence-electron chi connectivity index (χ2n) is 5.32. The highest BCUT2D eigenvalue weighted by atomic mass is 19.3. The van der Waals surface area contributed by atoms with Gasteiger partial charge in [-0.05, 0) is 37.7 Å². The fraction of sp³-hybridized carbons (Fsp3) is 0.714. The summed E-state index contributed by atoms with van der Waals surface area (Å²) in [4.78, 5) is 24.1. The molecule has 0 aromatic heterocycles. The second-order valence-corrected chi connectivity index (χ2v) is 5.32. The lowest BCUT2D eigenvalue weighted by molar-refractivity contribution is -0.131. The Kier molecular flexibility index (Phi) is 6.61. The van der Waals surface area contributed by atoms with Crippen LogP contribution >= 0.6 is 0 Å². The average molecular weight is 288 g/mol. The Balaban J connectivity index is 2.22. The number of nitrogens with zero attached hydrogens (tertiary/aromatic N) is 1. The van der Waals surface area contributed by atoms with Crippen LogP contribution in [0.4, 0.5) is 8.78 Å². The third-order valence-corrected chi connectivity index (χ3v) is 3.77. The monoisotopic (exact) mass is 288 g/mol. The summed E-state index contributed by atoms with van der Waals surface area (Å²) in [5, 5.41) is 2.75. The van der Waals surface area contributed by atoms with Crippen LogP contribution in [0.1, 0.15) is 25.7 Å². The number of hydrogen-bond donors (Lipinski definition) is 1. The van der Waals surface area contributed by atoms with Gasteiger partial charge in [0.05, 0.1) is 6.54 Å². The maximum absolute atomic E-state index is 12.5. The van der Waals surface area contributed by atoms with E-state index in [9.17, 15) is 18.4 Å². The molecule has 2 amide bonds. The van der Waals surface area contributed by atoms with Crippen molar-refractivity contribution in [3.05, 3.63) is 12.7 Å². The molecular weight excluding hydrogens is 266 g/mol. The smallest absolute Gasteiger partial charge is 0.246 e. The molecule has 0 aromatic carbocycles. The Morgan fingerprint density at radius 2 is 1.95 bits per heavy atom. The van der Waals surface area contributed by atoms with Gasteiger partial charge in [0.15, 0.2) is 0 Å². The summed E-state index contributed by atoms with van der Waals surface area (Å²) in [6, 6.07) is 0. The number of carbonyl (C=O) groups excluding carboxylic acids is 2. The molecule has 1 rings (SSSR count). The second kappa shape index (κ2) is 7.97. The lowest BCUT2D eigenvalue weighted by Crippen LogP contribution is -2.40. The number of nitrogens with one attached hydrogen (secondary N) is 1. The molecule has 0 bridgehead atoms. The summed E-state index contributed by atoms with van der Waals surface area (Å²) in [6.45, 7) is 3.82. The number of halogens is 2. The summed E-state index contributed by atoms with van der Waals surface area (Å²) < 4.78 is 25.0.